The summed E-state index contributed by atoms with van der Waals surface area (Å²) in [6.07, 6.45) is 2.30. The molecule has 0 bridgehead atoms. The van der Waals surface area contributed by atoms with Crippen LogP contribution in [0, 0.1) is 0 Å². The molecule has 0 N–H and O–H groups in total. The predicted molar refractivity (Wildman–Crippen MR) is 138 cm³/mol. The number of carbonyl (C=O) groups excluding carboxylic acids is 1. The standard InChI is InChI=1S/C29H31N3O3/c1-3-21-9-11-23(12-10-21)32-20-22(19-28(32)33)29-30-26-7-4-5-8-27(26)31(29)17-6-18-35-25-15-13-24(34-2)14-16-25/h4-5,7-16,22H,3,6,17-20H2,1-2H3/t22-/m1/s1. The van der Waals surface area contributed by atoms with Gasteiger partial charge >= 0.3 is 0 Å². The zero-order valence-corrected chi connectivity index (χ0v) is 20.3. The van der Waals surface area contributed by atoms with Crippen molar-refractivity contribution < 1.29 is 14.3 Å². The van der Waals surface area contributed by atoms with Crippen LogP contribution in [-0.4, -0.2) is 35.7 Å². The number of methoxy groups -OCH3 is 1. The van der Waals surface area contributed by atoms with Crippen molar-refractivity contribution >= 4 is 22.6 Å². The summed E-state index contributed by atoms with van der Waals surface area (Å²) in [6.45, 7) is 4.16. The van der Waals surface area contributed by atoms with Crippen LogP contribution in [0.1, 0.15) is 37.1 Å². The summed E-state index contributed by atoms with van der Waals surface area (Å²) in [4.78, 5) is 19.8. The first-order valence-electron chi connectivity index (χ1n) is 12.3. The Morgan fingerprint density at radius 2 is 1.71 bits per heavy atom. The van der Waals surface area contributed by atoms with Crippen LogP contribution in [-0.2, 0) is 17.8 Å². The Kier molecular flexibility index (Phi) is 6.70. The summed E-state index contributed by atoms with van der Waals surface area (Å²) in [5.74, 6) is 2.83. The van der Waals surface area contributed by atoms with Crippen LogP contribution in [0.3, 0.4) is 0 Å². The number of amides is 1. The Bertz CT molecular complexity index is 1300. The fourth-order valence-electron chi connectivity index (χ4n) is 4.77. The number of nitrogens with zero attached hydrogens (tertiary/aromatic N) is 3. The highest BCUT2D eigenvalue weighted by molar-refractivity contribution is 5.96. The molecule has 1 fully saturated rings. The monoisotopic (exact) mass is 469 g/mol. The number of hydrogen-bond donors (Lipinski definition) is 0. The number of ether oxygens (including phenoxy) is 2. The van der Waals surface area contributed by atoms with Crippen molar-refractivity contribution in [3.63, 3.8) is 0 Å². The summed E-state index contributed by atoms with van der Waals surface area (Å²) in [5, 5.41) is 0. The van der Waals surface area contributed by atoms with Crippen molar-refractivity contribution in [3.05, 3.63) is 84.2 Å². The Morgan fingerprint density at radius 1 is 0.971 bits per heavy atom. The molecule has 1 aliphatic rings. The zero-order valence-electron chi connectivity index (χ0n) is 20.3. The average molecular weight is 470 g/mol. The molecular formula is C29H31N3O3. The number of carbonyl (C=O) groups is 1. The van der Waals surface area contributed by atoms with Crippen molar-refractivity contribution in [2.24, 2.45) is 0 Å². The number of imidazole rings is 1. The van der Waals surface area contributed by atoms with Crippen molar-refractivity contribution in [2.75, 3.05) is 25.2 Å². The summed E-state index contributed by atoms with van der Waals surface area (Å²) in [6, 6.07) is 24.2. The third-order valence-electron chi connectivity index (χ3n) is 6.68. The minimum absolute atomic E-state index is 0.0586. The molecule has 1 saturated heterocycles. The highest BCUT2D eigenvalue weighted by Gasteiger charge is 2.34. The molecule has 1 atom stereocenters. The van der Waals surface area contributed by atoms with E-state index in [0.29, 0.717) is 19.6 Å². The molecule has 6 heteroatoms. The molecule has 0 radical (unpaired) electrons. The Labute approximate surface area is 206 Å². The zero-order chi connectivity index (χ0) is 24.2. The van der Waals surface area contributed by atoms with Crippen LogP contribution in [0.15, 0.2) is 72.8 Å². The van der Waals surface area contributed by atoms with E-state index in [1.54, 1.807) is 7.11 Å². The van der Waals surface area contributed by atoms with Crippen LogP contribution < -0.4 is 14.4 Å². The van der Waals surface area contributed by atoms with Crippen molar-refractivity contribution in [1.29, 1.82) is 0 Å². The van der Waals surface area contributed by atoms with Gasteiger partial charge in [-0.25, -0.2) is 4.98 Å². The van der Waals surface area contributed by atoms with E-state index < -0.39 is 0 Å². The smallest absolute Gasteiger partial charge is 0.227 e. The molecule has 4 aromatic rings. The molecule has 180 valence electrons. The number of hydrogen-bond acceptors (Lipinski definition) is 4. The van der Waals surface area contributed by atoms with Gasteiger partial charge in [-0.2, -0.15) is 0 Å². The maximum absolute atomic E-state index is 13.0. The summed E-state index contributed by atoms with van der Waals surface area (Å²) in [5.41, 5.74) is 4.31. The first kappa shape index (κ1) is 23.0. The van der Waals surface area contributed by atoms with Crippen LogP contribution >= 0.6 is 0 Å². The number of benzene rings is 3. The maximum Gasteiger partial charge on any atom is 0.227 e. The molecular weight excluding hydrogens is 438 g/mol. The lowest BCUT2D eigenvalue weighted by molar-refractivity contribution is -0.117. The Hall–Kier alpha value is -3.80. The number of anilines is 1. The van der Waals surface area contributed by atoms with Gasteiger partial charge < -0.3 is 18.9 Å². The largest absolute Gasteiger partial charge is 0.497 e. The topological polar surface area (TPSA) is 56.6 Å². The molecule has 35 heavy (non-hydrogen) atoms. The number of rotatable bonds is 9. The van der Waals surface area contributed by atoms with Crippen molar-refractivity contribution in [1.82, 2.24) is 9.55 Å². The SMILES string of the molecule is CCc1ccc(N2C[C@H](c3nc4ccccc4n3CCCOc3ccc(OC)cc3)CC2=O)cc1. The number of aromatic nitrogens is 2. The van der Waals surface area contributed by atoms with Crippen molar-refractivity contribution in [3.8, 4) is 11.5 Å². The molecule has 3 aromatic carbocycles. The van der Waals surface area contributed by atoms with Gasteiger partial charge in [0.25, 0.3) is 0 Å². The van der Waals surface area contributed by atoms with Gasteiger partial charge in [0.1, 0.15) is 17.3 Å². The van der Waals surface area contributed by atoms with E-state index in [-0.39, 0.29) is 11.8 Å². The molecule has 1 aliphatic heterocycles. The van der Waals surface area contributed by atoms with Crippen LogP contribution in [0.4, 0.5) is 5.69 Å². The fraction of sp³-hybridized carbons (Fsp3) is 0.310. The van der Waals surface area contributed by atoms with Gasteiger partial charge in [0.05, 0.1) is 24.8 Å². The predicted octanol–water partition coefficient (Wildman–Crippen LogP) is 5.60. The van der Waals surface area contributed by atoms with Gasteiger partial charge in [-0.1, -0.05) is 31.2 Å². The molecule has 5 rings (SSSR count). The lowest BCUT2D eigenvalue weighted by Crippen LogP contribution is -2.24. The summed E-state index contributed by atoms with van der Waals surface area (Å²) >= 11 is 0. The van der Waals surface area contributed by atoms with Gasteiger partial charge in [-0.3, -0.25) is 4.79 Å². The molecule has 0 aliphatic carbocycles. The summed E-state index contributed by atoms with van der Waals surface area (Å²) in [7, 11) is 1.65. The van der Waals surface area contributed by atoms with Gasteiger partial charge in [0.2, 0.25) is 5.91 Å². The lowest BCUT2D eigenvalue weighted by Gasteiger charge is -2.18. The van der Waals surface area contributed by atoms with Gasteiger partial charge in [-0.05, 0) is 66.9 Å². The van der Waals surface area contributed by atoms with E-state index in [0.717, 1.165) is 53.4 Å². The van der Waals surface area contributed by atoms with E-state index >= 15 is 0 Å². The third kappa shape index (κ3) is 4.87. The van der Waals surface area contributed by atoms with E-state index in [1.807, 2.05) is 47.4 Å². The third-order valence-corrected chi connectivity index (χ3v) is 6.68. The first-order chi connectivity index (χ1) is 17.2. The second-order valence-electron chi connectivity index (χ2n) is 8.91. The van der Waals surface area contributed by atoms with Crippen molar-refractivity contribution in [2.45, 2.75) is 38.6 Å². The quantitative estimate of drug-likeness (QED) is 0.300. The molecule has 0 saturated carbocycles. The number of aryl methyl sites for hydroxylation is 2. The van der Waals surface area contributed by atoms with E-state index in [2.05, 4.69) is 41.8 Å². The number of para-hydroxylation sites is 2. The molecule has 1 amide bonds. The second kappa shape index (κ2) is 10.2. The first-order valence-corrected chi connectivity index (χ1v) is 12.3. The minimum atomic E-state index is 0.0586. The fourth-order valence-corrected chi connectivity index (χ4v) is 4.77. The van der Waals surface area contributed by atoms with E-state index in [4.69, 9.17) is 14.5 Å². The Balaban J connectivity index is 1.31. The Morgan fingerprint density at radius 3 is 2.46 bits per heavy atom. The minimum Gasteiger partial charge on any atom is -0.497 e. The summed E-state index contributed by atoms with van der Waals surface area (Å²) < 4.78 is 13.4. The molecule has 0 unspecified atom stereocenters. The lowest BCUT2D eigenvalue weighted by atomic mass is 10.1. The average Bonchev–Trinajstić information content (AvgIpc) is 3.47. The molecule has 6 nitrogen and oxygen atoms in total. The van der Waals surface area contributed by atoms with Crippen LogP contribution in [0.2, 0.25) is 0 Å². The van der Waals surface area contributed by atoms with Gasteiger partial charge in [-0.15, -0.1) is 0 Å². The van der Waals surface area contributed by atoms with E-state index in [9.17, 15) is 4.79 Å². The molecule has 2 heterocycles. The van der Waals surface area contributed by atoms with Gasteiger partial charge in [0.15, 0.2) is 0 Å². The highest BCUT2D eigenvalue weighted by Crippen LogP contribution is 2.33. The molecule has 1 aromatic heterocycles. The van der Waals surface area contributed by atoms with Crippen LogP contribution in [0.5, 0.6) is 11.5 Å². The molecule has 0 spiro atoms. The highest BCUT2D eigenvalue weighted by atomic mass is 16.5. The van der Waals surface area contributed by atoms with E-state index in [1.165, 1.54) is 5.56 Å². The normalized spacial score (nSPS) is 15.7. The maximum atomic E-state index is 13.0. The van der Waals surface area contributed by atoms with Gasteiger partial charge in [0, 0.05) is 31.1 Å². The number of fused-ring (bicyclic) bond motifs is 1. The van der Waals surface area contributed by atoms with Crippen LogP contribution in [0.25, 0.3) is 11.0 Å². The second-order valence-corrected chi connectivity index (χ2v) is 8.91.